The van der Waals surface area contributed by atoms with Crippen LogP contribution in [0.1, 0.15) is 11.5 Å². The third kappa shape index (κ3) is 4.15. The summed E-state index contributed by atoms with van der Waals surface area (Å²) < 4.78 is 41.6. The van der Waals surface area contributed by atoms with Crippen LogP contribution in [0.3, 0.4) is 0 Å². The molecule has 0 saturated carbocycles. The largest absolute Gasteiger partial charge is 0.494 e. The molecule has 10 heteroatoms. The van der Waals surface area contributed by atoms with Crippen LogP contribution in [0.4, 0.5) is 8.78 Å². The predicted molar refractivity (Wildman–Crippen MR) is 75.0 cm³/mol. The van der Waals surface area contributed by atoms with Crippen molar-refractivity contribution >= 4 is 11.9 Å². The Morgan fingerprint density at radius 1 is 1.12 bits per heavy atom. The van der Waals surface area contributed by atoms with Crippen molar-refractivity contribution in [1.29, 1.82) is 0 Å². The number of hydrogen-bond acceptors (Lipinski definition) is 7. The fourth-order valence-electron chi connectivity index (χ4n) is 2.21. The normalized spacial score (nSPS) is 11.8. The minimum absolute atomic E-state index is 0.427. The van der Waals surface area contributed by atoms with E-state index in [4.69, 9.17) is 0 Å². The van der Waals surface area contributed by atoms with Gasteiger partial charge in [-0.3, -0.25) is 19.7 Å². The van der Waals surface area contributed by atoms with Crippen LogP contribution in [0, 0.1) is 27.7 Å². The standard InChI is InChI=1S/C14H15F2NO7/c1-22-11-5-9(15)7(4-10(11)16)8(6-17(20)21)12(13(18)23-2)14(19)24-3/h4-5,8,12H,6H2,1-3H3/t8-/m0/s1. The maximum Gasteiger partial charge on any atom is 0.320 e. The lowest BCUT2D eigenvalue weighted by molar-refractivity contribution is -0.484. The predicted octanol–water partition coefficient (Wildman–Crippen LogP) is 1.30. The van der Waals surface area contributed by atoms with E-state index in [1.807, 2.05) is 0 Å². The first-order valence-electron chi connectivity index (χ1n) is 6.57. The Hall–Kier alpha value is -2.78. The van der Waals surface area contributed by atoms with Gasteiger partial charge in [-0.25, -0.2) is 8.78 Å². The van der Waals surface area contributed by atoms with Gasteiger partial charge in [-0.1, -0.05) is 0 Å². The van der Waals surface area contributed by atoms with E-state index in [9.17, 15) is 28.5 Å². The second-order valence-corrected chi connectivity index (χ2v) is 4.65. The van der Waals surface area contributed by atoms with Gasteiger partial charge >= 0.3 is 11.9 Å². The van der Waals surface area contributed by atoms with Crippen molar-refractivity contribution < 1.29 is 37.5 Å². The Morgan fingerprint density at radius 2 is 1.67 bits per heavy atom. The first-order valence-corrected chi connectivity index (χ1v) is 6.57. The fourth-order valence-corrected chi connectivity index (χ4v) is 2.21. The van der Waals surface area contributed by atoms with Crippen molar-refractivity contribution in [3.63, 3.8) is 0 Å². The molecule has 0 amide bonds. The van der Waals surface area contributed by atoms with E-state index in [1.165, 1.54) is 0 Å². The van der Waals surface area contributed by atoms with Crippen LogP contribution in [-0.4, -0.2) is 44.7 Å². The molecule has 8 nitrogen and oxygen atoms in total. The Bertz CT molecular complexity index is 634. The molecule has 0 saturated heterocycles. The van der Waals surface area contributed by atoms with Gasteiger partial charge in [0, 0.05) is 16.6 Å². The number of esters is 2. The van der Waals surface area contributed by atoms with E-state index < -0.39 is 58.2 Å². The van der Waals surface area contributed by atoms with Crippen LogP contribution in [0.2, 0.25) is 0 Å². The molecule has 24 heavy (non-hydrogen) atoms. The Morgan fingerprint density at radius 3 is 2.08 bits per heavy atom. The first kappa shape index (κ1) is 19.3. The van der Waals surface area contributed by atoms with Crippen LogP contribution in [0.15, 0.2) is 12.1 Å². The Labute approximate surface area is 135 Å². The highest BCUT2D eigenvalue weighted by Crippen LogP contribution is 2.32. The molecule has 1 atom stereocenters. The highest BCUT2D eigenvalue weighted by molar-refractivity contribution is 5.96. The molecule has 1 rings (SSSR count). The molecule has 0 aliphatic rings. The summed E-state index contributed by atoms with van der Waals surface area (Å²) in [5, 5.41) is 10.9. The Kier molecular flexibility index (Phi) is 6.57. The summed E-state index contributed by atoms with van der Waals surface area (Å²) in [6.45, 7) is -1.02. The number of carbonyl (C=O) groups excluding carboxylic acids is 2. The zero-order valence-electron chi connectivity index (χ0n) is 13.1. The van der Waals surface area contributed by atoms with Gasteiger partial charge in [-0.2, -0.15) is 0 Å². The van der Waals surface area contributed by atoms with Crippen LogP contribution >= 0.6 is 0 Å². The van der Waals surface area contributed by atoms with Crippen molar-refractivity contribution in [1.82, 2.24) is 0 Å². The summed E-state index contributed by atoms with van der Waals surface area (Å²) in [4.78, 5) is 33.7. The molecule has 0 aliphatic heterocycles. The van der Waals surface area contributed by atoms with Crippen LogP contribution in [0.5, 0.6) is 5.75 Å². The van der Waals surface area contributed by atoms with Gasteiger partial charge in [0.25, 0.3) is 0 Å². The second-order valence-electron chi connectivity index (χ2n) is 4.65. The molecule has 0 spiro atoms. The zero-order chi connectivity index (χ0) is 18.4. The SMILES string of the molecule is COC(=O)C(C(=O)OC)[C@@H](C[N+](=O)[O-])c1cc(F)c(OC)cc1F. The van der Waals surface area contributed by atoms with Crippen molar-refractivity contribution in [2.24, 2.45) is 5.92 Å². The summed E-state index contributed by atoms with van der Waals surface area (Å²) in [6.07, 6.45) is 0. The third-order valence-corrected chi connectivity index (χ3v) is 3.33. The third-order valence-electron chi connectivity index (χ3n) is 3.33. The highest BCUT2D eigenvalue weighted by atomic mass is 19.1. The lowest BCUT2D eigenvalue weighted by Gasteiger charge is -2.21. The van der Waals surface area contributed by atoms with Crippen LogP contribution < -0.4 is 4.74 Å². The van der Waals surface area contributed by atoms with Gasteiger partial charge in [0.15, 0.2) is 17.5 Å². The average Bonchev–Trinajstić information content (AvgIpc) is 2.54. The number of ether oxygens (including phenoxy) is 3. The van der Waals surface area contributed by atoms with Gasteiger partial charge in [0.1, 0.15) is 5.82 Å². The van der Waals surface area contributed by atoms with Crippen LogP contribution in [-0.2, 0) is 19.1 Å². The number of benzene rings is 1. The molecule has 0 aromatic heterocycles. The van der Waals surface area contributed by atoms with Gasteiger partial charge < -0.3 is 14.2 Å². The van der Waals surface area contributed by atoms with Gasteiger partial charge in [-0.15, -0.1) is 0 Å². The minimum atomic E-state index is -1.83. The van der Waals surface area contributed by atoms with Gasteiger partial charge in [0.05, 0.1) is 27.2 Å². The van der Waals surface area contributed by atoms with Gasteiger partial charge in [-0.05, 0) is 6.07 Å². The van der Waals surface area contributed by atoms with E-state index in [0.29, 0.717) is 12.1 Å². The summed E-state index contributed by atoms with van der Waals surface area (Å²) in [6, 6.07) is 1.31. The van der Waals surface area contributed by atoms with E-state index in [0.717, 1.165) is 21.3 Å². The molecular formula is C14H15F2NO7. The zero-order valence-corrected chi connectivity index (χ0v) is 13.1. The average molecular weight is 347 g/mol. The summed E-state index contributed by atoms with van der Waals surface area (Å²) >= 11 is 0. The lowest BCUT2D eigenvalue weighted by Crippen LogP contribution is -2.36. The molecule has 1 aromatic carbocycles. The lowest BCUT2D eigenvalue weighted by atomic mass is 9.85. The molecule has 0 fully saturated rings. The van der Waals surface area contributed by atoms with Crippen molar-refractivity contribution in [3.05, 3.63) is 39.4 Å². The molecule has 0 radical (unpaired) electrons. The molecular weight excluding hydrogens is 332 g/mol. The minimum Gasteiger partial charge on any atom is -0.494 e. The highest BCUT2D eigenvalue weighted by Gasteiger charge is 2.42. The number of nitrogens with zero attached hydrogens (tertiary/aromatic N) is 1. The summed E-state index contributed by atoms with van der Waals surface area (Å²) in [7, 11) is 3.01. The smallest absolute Gasteiger partial charge is 0.320 e. The molecule has 1 aromatic rings. The number of rotatable bonds is 7. The summed E-state index contributed by atoms with van der Waals surface area (Å²) in [5.74, 6) is -8.28. The molecule has 0 N–H and O–H groups in total. The van der Waals surface area contributed by atoms with Crippen molar-refractivity contribution in [2.45, 2.75) is 5.92 Å². The molecule has 0 bridgehead atoms. The van der Waals surface area contributed by atoms with E-state index in [-0.39, 0.29) is 0 Å². The number of nitro groups is 1. The van der Waals surface area contributed by atoms with E-state index in [1.54, 1.807) is 0 Å². The maximum absolute atomic E-state index is 14.2. The maximum atomic E-state index is 14.2. The Balaban J connectivity index is 3.50. The second kappa shape index (κ2) is 8.18. The van der Waals surface area contributed by atoms with E-state index in [2.05, 4.69) is 14.2 Å². The number of hydrogen-bond donors (Lipinski definition) is 0. The van der Waals surface area contributed by atoms with Gasteiger partial charge in [0.2, 0.25) is 6.54 Å². The number of carbonyl (C=O) groups is 2. The topological polar surface area (TPSA) is 105 Å². The monoisotopic (exact) mass is 347 g/mol. The molecule has 0 aliphatic carbocycles. The number of halogens is 2. The first-order chi connectivity index (χ1) is 11.3. The number of methoxy groups -OCH3 is 3. The summed E-state index contributed by atoms with van der Waals surface area (Å²) in [5.41, 5.74) is -0.536. The molecule has 132 valence electrons. The van der Waals surface area contributed by atoms with E-state index >= 15 is 0 Å². The molecule has 0 heterocycles. The molecule has 0 unspecified atom stereocenters. The quantitative estimate of drug-likeness (QED) is 0.317. The van der Waals surface area contributed by atoms with Crippen molar-refractivity contribution in [3.8, 4) is 5.75 Å². The fraction of sp³-hybridized carbons (Fsp3) is 0.429. The van der Waals surface area contributed by atoms with Crippen molar-refractivity contribution in [2.75, 3.05) is 27.9 Å². The van der Waals surface area contributed by atoms with Crippen LogP contribution in [0.25, 0.3) is 0 Å².